The van der Waals surface area contributed by atoms with Crippen LogP contribution in [0.5, 0.6) is 0 Å². The first-order valence-electron chi connectivity index (χ1n) is 8.52. The molecule has 0 fully saturated rings. The molecule has 1 heterocycles. The van der Waals surface area contributed by atoms with Crippen molar-refractivity contribution in [1.82, 2.24) is 10.0 Å². The van der Waals surface area contributed by atoms with Crippen LogP contribution in [-0.4, -0.2) is 14.3 Å². The first-order valence-corrected chi connectivity index (χ1v) is 11.2. The van der Waals surface area contributed by atoms with Crippen LogP contribution >= 0.6 is 22.9 Å². The van der Waals surface area contributed by atoms with Gasteiger partial charge in [-0.05, 0) is 42.8 Å². The van der Waals surface area contributed by atoms with Crippen molar-refractivity contribution in [2.24, 2.45) is 0 Å². The number of hydrogen-bond donors (Lipinski definition) is 2. The number of thiophene rings is 1. The van der Waals surface area contributed by atoms with Gasteiger partial charge in [0, 0.05) is 21.9 Å². The number of amides is 1. The number of nitrogens with one attached hydrogen (secondary N) is 2. The van der Waals surface area contributed by atoms with E-state index in [-0.39, 0.29) is 27.9 Å². The molecule has 146 valence electrons. The third kappa shape index (κ3) is 5.20. The fourth-order valence-electron chi connectivity index (χ4n) is 2.55. The molecular formula is C20H19ClN2O3S2. The average molecular weight is 435 g/mol. The van der Waals surface area contributed by atoms with Crippen molar-refractivity contribution in [3.63, 3.8) is 0 Å². The molecule has 1 amide bonds. The molecule has 8 heteroatoms. The summed E-state index contributed by atoms with van der Waals surface area (Å²) in [6, 6.07) is 17.3. The molecule has 2 aromatic carbocycles. The molecule has 0 atom stereocenters. The summed E-state index contributed by atoms with van der Waals surface area (Å²) in [5, 5.41) is 2.86. The minimum atomic E-state index is -3.87. The van der Waals surface area contributed by atoms with E-state index in [4.69, 9.17) is 11.6 Å². The van der Waals surface area contributed by atoms with Gasteiger partial charge in [-0.25, -0.2) is 13.1 Å². The van der Waals surface area contributed by atoms with Gasteiger partial charge in [-0.1, -0.05) is 41.9 Å². The van der Waals surface area contributed by atoms with E-state index in [0.717, 1.165) is 15.3 Å². The Hall–Kier alpha value is -2.19. The van der Waals surface area contributed by atoms with Gasteiger partial charge in [0.1, 0.15) is 4.90 Å². The lowest BCUT2D eigenvalue weighted by atomic mass is 10.2. The third-order valence-electron chi connectivity index (χ3n) is 4.01. The molecule has 0 spiro atoms. The molecule has 3 rings (SSSR count). The smallest absolute Gasteiger partial charge is 0.251 e. The van der Waals surface area contributed by atoms with Gasteiger partial charge in [-0.2, -0.15) is 0 Å². The van der Waals surface area contributed by atoms with E-state index in [1.165, 1.54) is 18.2 Å². The van der Waals surface area contributed by atoms with Gasteiger partial charge in [-0.3, -0.25) is 4.79 Å². The maximum atomic E-state index is 12.7. The van der Waals surface area contributed by atoms with Crippen molar-refractivity contribution in [2.75, 3.05) is 0 Å². The number of benzene rings is 2. The second-order valence-corrected chi connectivity index (χ2v) is 9.67. The summed E-state index contributed by atoms with van der Waals surface area (Å²) in [7, 11) is -3.87. The summed E-state index contributed by atoms with van der Waals surface area (Å²) in [6.45, 7) is 2.51. The van der Waals surface area contributed by atoms with E-state index in [2.05, 4.69) is 10.0 Å². The van der Waals surface area contributed by atoms with Gasteiger partial charge in [0.25, 0.3) is 5.91 Å². The second kappa shape index (κ2) is 8.87. The molecule has 28 heavy (non-hydrogen) atoms. The van der Waals surface area contributed by atoms with Gasteiger partial charge in [-0.15, -0.1) is 11.3 Å². The van der Waals surface area contributed by atoms with Gasteiger partial charge in [0.05, 0.1) is 11.6 Å². The summed E-state index contributed by atoms with van der Waals surface area (Å²) in [6.07, 6.45) is 0. The molecule has 5 nitrogen and oxygen atoms in total. The largest absolute Gasteiger partial charge is 0.347 e. The van der Waals surface area contributed by atoms with Crippen molar-refractivity contribution in [1.29, 1.82) is 0 Å². The number of sulfonamides is 1. The quantitative estimate of drug-likeness (QED) is 0.587. The Kier molecular flexibility index (Phi) is 6.51. The zero-order chi connectivity index (χ0) is 20.1. The van der Waals surface area contributed by atoms with Gasteiger partial charge in [0.2, 0.25) is 10.0 Å². The van der Waals surface area contributed by atoms with Crippen molar-refractivity contribution in [2.45, 2.75) is 24.9 Å². The van der Waals surface area contributed by atoms with Crippen LogP contribution in [0, 0.1) is 6.92 Å². The van der Waals surface area contributed by atoms with Crippen molar-refractivity contribution >= 4 is 38.9 Å². The topological polar surface area (TPSA) is 75.3 Å². The number of carbonyl (C=O) groups excluding carboxylic acids is 1. The summed E-state index contributed by atoms with van der Waals surface area (Å²) in [5.74, 6) is -0.359. The Balaban J connectivity index is 1.73. The van der Waals surface area contributed by atoms with Gasteiger partial charge >= 0.3 is 0 Å². The van der Waals surface area contributed by atoms with Crippen LogP contribution in [0.3, 0.4) is 0 Å². The Bertz CT molecular complexity index is 1080. The van der Waals surface area contributed by atoms with Crippen LogP contribution in [0.25, 0.3) is 0 Å². The number of hydrogen-bond acceptors (Lipinski definition) is 4. The number of carbonyl (C=O) groups is 1. The number of rotatable bonds is 7. The fourth-order valence-corrected chi connectivity index (χ4v) is 4.92. The molecule has 3 aromatic rings. The van der Waals surface area contributed by atoms with Crippen molar-refractivity contribution < 1.29 is 13.2 Å². The maximum absolute atomic E-state index is 12.7. The summed E-state index contributed by atoms with van der Waals surface area (Å²) in [5.41, 5.74) is 1.06. The predicted octanol–water partition coefficient (Wildman–Crippen LogP) is 4.12. The highest BCUT2D eigenvalue weighted by atomic mass is 35.5. The summed E-state index contributed by atoms with van der Waals surface area (Å²) >= 11 is 7.69. The van der Waals surface area contributed by atoms with E-state index < -0.39 is 10.0 Å². The van der Waals surface area contributed by atoms with E-state index in [1.54, 1.807) is 11.3 Å². The Morgan fingerprint density at radius 2 is 1.79 bits per heavy atom. The fraction of sp³-hybridized carbons (Fsp3) is 0.150. The highest BCUT2D eigenvalue weighted by Gasteiger charge is 2.20. The monoisotopic (exact) mass is 434 g/mol. The van der Waals surface area contributed by atoms with Crippen LogP contribution in [0.4, 0.5) is 0 Å². The summed E-state index contributed by atoms with van der Waals surface area (Å²) in [4.78, 5) is 14.5. The lowest BCUT2D eigenvalue weighted by Gasteiger charge is -2.11. The van der Waals surface area contributed by atoms with Crippen molar-refractivity contribution in [3.8, 4) is 0 Å². The normalized spacial score (nSPS) is 11.4. The zero-order valence-electron chi connectivity index (χ0n) is 15.1. The first kappa shape index (κ1) is 20.5. The molecule has 2 N–H and O–H groups in total. The Morgan fingerprint density at radius 1 is 1.04 bits per heavy atom. The molecular weight excluding hydrogens is 416 g/mol. The zero-order valence-corrected chi connectivity index (χ0v) is 17.5. The predicted molar refractivity (Wildman–Crippen MR) is 112 cm³/mol. The average Bonchev–Trinajstić information content (AvgIpc) is 3.11. The van der Waals surface area contributed by atoms with Crippen LogP contribution in [0.15, 0.2) is 65.6 Å². The highest BCUT2D eigenvalue weighted by Crippen LogP contribution is 2.23. The number of halogens is 1. The molecule has 0 aliphatic carbocycles. The van der Waals surface area contributed by atoms with E-state index in [0.29, 0.717) is 6.54 Å². The molecule has 0 aliphatic heterocycles. The lowest BCUT2D eigenvalue weighted by Crippen LogP contribution is -2.25. The van der Waals surface area contributed by atoms with Gasteiger partial charge < -0.3 is 5.32 Å². The summed E-state index contributed by atoms with van der Waals surface area (Å²) < 4.78 is 27.8. The van der Waals surface area contributed by atoms with Crippen molar-refractivity contribution in [3.05, 3.63) is 86.6 Å². The third-order valence-corrected chi connectivity index (χ3v) is 6.89. The molecule has 0 bridgehead atoms. The standard InChI is InChI=1S/C20H19ClN2O3S2/c1-14-7-9-17(27-14)13-22-20(24)16-8-10-18(21)19(11-16)28(25,26)23-12-15-5-3-2-4-6-15/h2-11,23H,12-13H2,1H3,(H,22,24). The van der Waals surface area contributed by atoms with E-state index in [9.17, 15) is 13.2 Å². The minimum Gasteiger partial charge on any atom is -0.347 e. The van der Waals surface area contributed by atoms with E-state index in [1.807, 2.05) is 49.4 Å². The Morgan fingerprint density at radius 3 is 2.46 bits per heavy atom. The molecule has 0 unspecified atom stereocenters. The van der Waals surface area contributed by atoms with Crippen LogP contribution in [0.2, 0.25) is 5.02 Å². The van der Waals surface area contributed by atoms with Crippen LogP contribution in [0.1, 0.15) is 25.7 Å². The number of aryl methyl sites for hydroxylation is 1. The molecule has 0 saturated heterocycles. The lowest BCUT2D eigenvalue weighted by molar-refractivity contribution is 0.0951. The molecule has 0 radical (unpaired) electrons. The Labute approximate surface area is 173 Å². The maximum Gasteiger partial charge on any atom is 0.251 e. The second-order valence-electron chi connectivity index (χ2n) is 6.15. The molecule has 0 aliphatic rings. The van der Waals surface area contributed by atoms with E-state index >= 15 is 0 Å². The minimum absolute atomic E-state index is 0.0611. The highest BCUT2D eigenvalue weighted by molar-refractivity contribution is 7.89. The SMILES string of the molecule is Cc1ccc(CNC(=O)c2ccc(Cl)c(S(=O)(=O)NCc3ccccc3)c2)s1. The van der Waals surface area contributed by atoms with Crippen LogP contribution < -0.4 is 10.0 Å². The molecule has 1 aromatic heterocycles. The molecule has 0 saturated carbocycles. The van der Waals surface area contributed by atoms with Crippen LogP contribution in [-0.2, 0) is 23.1 Å². The van der Waals surface area contributed by atoms with Gasteiger partial charge in [0.15, 0.2) is 0 Å². The first-order chi connectivity index (χ1) is 13.3.